The Balaban J connectivity index is 1.66. The van der Waals surface area contributed by atoms with Crippen LogP contribution >= 0.6 is 0 Å². The molecular formula is C17H25N3O3. The predicted octanol–water partition coefficient (Wildman–Crippen LogP) is 1.34. The SMILES string of the molecule is Cc1cc(C)c(C(=O)N2CCC[C@H](C(=O)N3CCOCC3)C2)[nH]1. The molecule has 0 bridgehead atoms. The Morgan fingerprint density at radius 2 is 1.91 bits per heavy atom. The van der Waals surface area contributed by atoms with Crippen molar-refractivity contribution in [1.29, 1.82) is 0 Å². The number of H-pyrrole nitrogens is 1. The number of aryl methyl sites for hydroxylation is 2. The highest BCUT2D eigenvalue weighted by Gasteiger charge is 2.32. The van der Waals surface area contributed by atoms with E-state index in [2.05, 4.69) is 4.98 Å². The summed E-state index contributed by atoms with van der Waals surface area (Å²) in [7, 11) is 0. The van der Waals surface area contributed by atoms with Gasteiger partial charge in [-0.25, -0.2) is 0 Å². The molecule has 6 heteroatoms. The Hall–Kier alpha value is -1.82. The van der Waals surface area contributed by atoms with Gasteiger partial charge >= 0.3 is 0 Å². The van der Waals surface area contributed by atoms with Gasteiger partial charge in [0.15, 0.2) is 0 Å². The maximum absolute atomic E-state index is 12.7. The van der Waals surface area contributed by atoms with Crippen molar-refractivity contribution in [2.45, 2.75) is 26.7 Å². The number of rotatable bonds is 2. The molecule has 2 aliphatic heterocycles. The number of likely N-dealkylation sites (tertiary alicyclic amines) is 1. The van der Waals surface area contributed by atoms with E-state index in [1.165, 1.54) is 0 Å². The molecule has 2 fully saturated rings. The maximum atomic E-state index is 12.7. The fraction of sp³-hybridized carbons (Fsp3) is 0.647. The second-order valence-electron chi connectivity index (χ2n) is 6.54. The van der Waals surface area contributed by atoms with Crippen molar-refractivity contribution < 1.29 is 14.3 Å². The monoisotopic (exact) mass is 319 g/mol. The van der Waals surface area contributed by atoms with E-state index in [1.807, 2.05) is 29.7 Å². The van der Waals surface area contributed by atoms with Crippen molar-refractivity contribution >= 4 is 11.8 Å². The van der Waals surface area contributed by atoms with Gasteiger partial charge in [0, 0.05) is 31.9 Å². The molecule has 0 aromatic carbocycles. The normalized spacial score (nSPS) is 22.3. The van der Waals surface area contributed by atoms with E-state index < -0.39 is 0 Å². The van der Waals surface area contributed by atoms with Crippen LogP contribution in [0.3, 0.4) is 0 Å². The second kappa shape index (κ2) is 6.74. The van der Waals surface area contributed by atoms with E-state index >= 15 is 0 Å². The van der Waals surface area contributed by atoms with Gasteiger partial charge in [0.25, 0.3) is 5.91 Å². The number of nitrogens with zero attached hydrogens (tertiary/aromatic N) is 2. The number of piperidine rings is 1. The van der Waals surface area contributed by atoms with Crippen molar-refractivity contribution in [3.05, 3.63) is 23.0 Å². The van der Waals surface area contributed by atoms with Crippen molar-refractivity contribution in [2.75, 3.05) is 39.4 Å². The highest BCUT2D eigenvalue weighted by atomic mass is 16.5. The summed E-state index contributed by atoms with van der Waals surface area (Å²) in [4.78, 5) is 32.2. The van der Waals surface area contributed by atoms with E-state index in [-0.39, 0.29) is 17.7 Å². The summed E-state index contributed by atoms with van der Waals surface area (Å²) >= 11 is 0. The first kappa shape index (κ1) is 16.1. The van der Waals surface area contributed by atoms with Crippen LogP contribution in [-0.2, 0) is 9.53 Å². The van der Waals surface area contributed by atoms with E-state index in [0.717, 1.165) is 30.6 Å². The third-order valence-corrected chi connectivity index (χ3v) is 4.74. The number of nitrogens with one attached hydrogen (secondary N) is 1. The summed E-state index contributed by atoms with van der Waals surface area (Å²) in [5.74, 6) is 0.0995. The Kier molecular flexibility index (Phi) is 4.71. The van der Waals surface area contributed by atoms with Crippen molar-refractivity contribution in [1.82, 2.24) is 14.8 Å². The number of aromatic nitrogens is 1. The lowest BCUT2D eigenvalue weighted by Gasteiger charge is -2.36. The van der Waals surface area contributed by atoms with E-state index in [9.17, 15) is 9.59 Å². The Labute approximate surface area is 136 Å². The molecule has 2 saturated heterocycles. The quantitative estimate of drug-likeness (QED) is 0.895. The molecule has 0 radical (unpaired) electrons. The molecule has 1 aromatic rings. The highest BCUT2D eigenvalue weighted by Crippen LogP contribution is 2.22. The van der Waals surface area contributed by atoms with Crippen LogP contribution in [0.2, 0.25) is 0 Å². The molecule has 1 N–H and O–H groups in total. The lowest BCUT2D eigenvalue weighted by Crippen LogP contribution is -2.49. The molecule has 1 aromatic heterocycles. The minimum Gasteiger partial charge on any atom is -0.378 e. The van der Waals surface area contributed by atoms with Crippen LogP contribution < -0.4 is 0 Å². The second-order valence-corrected chi connectivity index (χ2v) is 6.54. The third-order valence-electron chi connectivity index (χ3n) is 4.74. The lowest BCUT2D eigenvalue weighted by molar-refractivity contribution is -0.141. The first-order valence-corrected chi connectivity index (χ1v) is 8.38. The summed E-state index contributed by atoms with van der Waals surface area (Å²) in [6.07, 6.45) is 1.74. The zero-order chi connectivity index (χ0) is 16.4. The van der Waals surface area contributed by atoms with Crippen LogP contribution in [-0.4, -0.2) is 66.0 Å². The molecule has 23 heavy (non-hydrogen) atoms. The van der Waals surface area contributed by atoms with E-state index in [0.29, 0.717) is 38.5 Å². The molecule has 3 heterocycles. The van der Waals surface area contributed by atoms with Crippen LogP contribution in [0.4, 0.5) is 0 Å². The van der Waals surface area contributed by atoms with Gasteiger partial charge in [-0.15, -0.1) is 0 Å². The van der Waals surface area contributed by atoms with E-state index in [1.54, 1.807) is 0 Å². The minimum atomic E-state index is -0.0813. The number of carbonyl (C=O) groups is 2. The van der Waals surface area contributed by atoms with Crippen molar-refractivity contribution in [3.8, 4) is 0 Å². The number of aromatic amines is 1. The number of hydrogen-bond donors (Lipinski definition) is 1. The van der Waals surface area contributed by atoms with Gasteiger partial charge in [0.2, 0.25) is 5.91 Å². The van der Waals surface area contributed by atoms with Gasteiger partial charge < -0.3 is 19.5 Å². The summed E-state index contributed by atoms with van der Waals surface area (Å²) < 4.78 is 5.31. The molecule has 0 spiro atoms. The first-order valence-electron chi connectivity index (χ1n) is 8.38. The lowest BCUT2D eigenvalue weighted by atomic mass is 9.96. The molecule has 3 rings (SSSR count). The molecule has 2 amide bonds. The zero-order valence-electron chi connectivity index (χ0n) is 13.9. The molecule has 0 unspecified atom stereocenters. The van der Waals surface area contributed by atoms with Gasteiger partial charge in [0.05, 0.1) is 19.1 Å². The Morgan fingerprint density at radius 1 is 1.17 bits per heavy atom. The first-order chi connectivity index (χ1) is 11.1. The number of amides is 2. The average molecular weight is 319 g/mol. The van der Waals surface area contributed by atoms with Gasteiger partial charge in [-0.2, -0.15) is 0 Å². The molecule has 126 valence electrons. The Morgan fingerprint density at radius 3 is 2.57 bits per heavy atom. The van der Waals surface area contributed by atoms with Gasteiger partial charge in [-0.3, -0.25) is 9.59 Å². The summed E-state index contributed by atoms with van der Waals surface area (Å²) in [6, 6.07) is 1.98. The maximum Gasteiger partial charge on any atom is 0.270 e. The smallest absolute Gasteiger partial charge is 0.270 e. The molecule has 2 aliphatic rings. The zero-order valence-corrected chi connectivity index (χ0v) is 13.9. The van der Waals surface area contributed by atoms with Crippen molar-refractivity contribution in [2.24, 2.45) is 5.92 Å². The number of morpholine rings is 1. The predicted molar refractivity (Wildman–Crippen MR) is 86.3 cm³/mol. The summed E-state index contributed by atoms with van der Waals surface area (Å²) in [5, 5.41) is 0. The largest absolute Gasteiger partial charge is 0.378 e. The third kappa shape index (κ3) is 3.42. The molecule has 0 saturated carbocycles. The fourth-order valence-electron chi connectivity index (χ4n) is 3.51. The number of carbonyl (C=O) groups excluding carboxylic acids is 2. The van der Waals surface area contributed by atoms with Gasteiger partial charge in [0.1, 0.15) is 5.69 Å². The topological polar surface area (TPSA) is 65.6 Å². The Bertz CT molecular complexity index is 590. The molecule has 6 nitrogen and oxygen atoms in total. The number of ether oxygens (including phenoxy) is 1. The van der Waals surface area contributed by atoms with Crippen LogP contribution in [0.25, 0.3) is 0 Å². The van der Waals surface area contributed by atoms with Crippen LogP contribution in [0, 0.1) is 19.8 Å². The standard InChI is InChI=1S/C17H25N3O3/c1-12-10-13(2)18-15(12)17(22)20-5-3-4-14(11-20)16(21)19-6-8-23-9-7-19/h10,14,18H,3-9,11H2,1-2H3/t14-/m0/s1. The molecular weight excluding hydrogens is 294 g/mol. The average Bonchev–Trinajstić information content (AvgIpc) is 2.93. The molecule has 1 atom stereocenters. The van der Waals surface area contributed by atoms with Crippen LogP contribution in [0.15, 0.2) is 6.07 Å². The van der Waals surface area contributed by atoms with Gasteiger partial charge in [-0.05, 0) is 38.3 Å². The van der Waals surface area contributed by atoms with Gasteiger partial charge in [-0.1, -0.05) is 0 Å². The number of hydrogen-bond acceptors (Lipinski definition) is 3. The minimum absolute atomic E-state index is 0.00933. The highest BCUT2D eigenvalue weighted by molar-refractivity contribution is 5.94. The summed E-state index contributed by atoms with van der Waals surface area (Å²) in [6.45, 7) is 7.69. The van der Waals surface area contributed by atoms with Crippen molar-refractivity contribution in [3.63, 3.8) is 0 Å². The summed E-state index contributed by atoms with van der Waals surface area (Å²) in [5.41, 5.74) is 2.61. The fourth-order valence-corrected chi connectivity index (χ4v) is 3.51. The molecule has 0 aliphatic carbocycles. The van der Waals surface area contributed by atoms with Crippen LogP contribution in [0.1, 0.15) is 34.6 Å². The van der Waals surface area contributed by atoms with Crippen LogP contribution in [0.5, 0.6) is 0 Å². The van der Waals surface area contributed by atoms with E-state index in [4.69, 9.17) is 4.74 Å².